The molecule has 0 aliphatic rings. The fraction of sp³-hybridized carbons (Fsp3) is 0. The first-order chi connectivity index (χ1) is 8.88. The molecule has 0 heterocycles. The quantitative estimate of drug-likeness (QED) is 0.738. The van der Waals surface area contributed by atoms with Crippen LogP contribution < -0.4 is 4.72 Å². The summed E-state index contributed by atoms with van der Waals surface area (Å²) in [7, 11) is -3.62. The molecule has 0 atom stereocenters. The summed E-state index contributed by atoms with van der Waals surface area (Å²) in [6, 6.07) is 10.9. The Morgan fingerprint density at radius 2 is 1.53 bits per heavy atom. The molecule has 7 heteroatoms. The van der Waals surface area contributed by atoms with Crippen LogP contribution >= 0.6 is 45.8 Å². The van der Waals surface area contributed by atoms with Gasteiger partial charge in [0.25, 0.3) is 10.0 Å². The van der Waals surface area contributed by atoms with E-state index in [1.165, 1.54) is 24.3 Å². The van der Waals surface area contributed by atoms with Gasteiger partial charge in [0.05, 0.1) is 10.6 Å². The number of rotatable bonds is 3. The van der Waals surface area contributed by atoms with Gasteiger partial charge in [-0.05, 0) is 65.1 Å². The fourth-order valence-corrected chi connectivity index (χ4v) is 3.78. The number of benzene rings is 2. The van der Waals surface area contributed by atoms with Gasteiger partial charge in [0.1, 0.15) is 0 Å². The van der Waals surface area contributed by atoms with Crippen molar-refractivity contribution in [2.75, 3.05) is 4.72 Å². The molecule has 0 aromatic heterocycles. The van der Waals surface area contributed by atoms with E-state index in [4.69, 9.17) is 23.2 Å². The number of hydrogen-bond acceptors (Lipinski definition) is 2. The van der Waals surface area contributed by atoms with E-state index >= 15 is 0 Å². The first kappa shape index (κ1) is 14.9. The molecule has 0 aliphatic heterocycles. The third-order valence-electron chi connectivity index (χ3n) is 2.30. The van der Waals surface area contributed by atoms with Crippen LogP contribution in [0.15, 0.2) is 47.4 Å². The molecule has 2 rings (SSSR count). The molecule has 0 saturated carbocycles. The van der Waals surface area contributed by atoms with Gasteiger partial charge in [-0.15, -0.1) is 0 Å². The average molecular weight is 428 g/mol. The summed E-state index contributed by atoms with van der Waals surface area (Å²) in [5.74, 6) is 0. The van der Waals surface area contributed by atoms with Crippen molar-refractivity contribution in [2.45, 2.75) is 4.90 Å². The van der Waals surface area contributed by atoms with Crippen molar-refractivity contribution < 1.29 is 8.42 Å². The van der Waals surface area contributed by atoms with Crippen LogP contribution in [-0.2, 0) is 10.0 Å². The zero-order valence-corrected chi connectivity index (χ0v) is 13.9. The summed E-state index contributed by atoms with van der Waals surface area (Å²) in [6.45, 7) is 0. The maximum Gasteiger partial charge on any atom is 0.261 e. The predicted octanol–water partition coefficient (Wildman–Crippen LogP) is 4.40. The summed E-state index contributed by atoms with van der Waals surface area (Å²) in [6.07, 6.45) is 0. The van der Waals surface area contributed by atoms with Crippen LogP contribution in [0.3, 0.4) is 0 Å². The van der Waals surface area contributed by atoms with Crippen LogP contribution in [0, 0.1) is 3.57 Å². The van der Waals surface area contributed by atoms with E-state index < -0.39 is 10.0 Å². The summed E-state index contributed by atoms with van der Waals surface area (Å²) in [4.78, 5) is 0.155. The molecule has 3 nitrogen and oxygen atoms in total. The average Bonchev–Trinajstić information content (AvgIpc) is 2.33. The predicted molar refractivity (Wildman–Crippen MR) is 86.4 cm³/mol. The van der Waals surface area contributed by atoms with Crippen molar-refractivity contribution in [1.29, 1.82) is 0 Å². The lowest BCUT2D eigenvalue weighted by Gasteiger charge is -2.10. The molecule has 2 aromatic carbocycles. The highest BCUT2D eigenvalue weighted by Gasteiger charge is 2.15. The highest BCUT2D eigenvalue weighted by atomic mass is 127. The van der Waals surface area contributed by atoms with E-state index in [0.717, 1.165) is 3.57 Å². The van der Waals surface area contributed by atoms with Crippen molar-refractivity contribution in [1.82, 2.24) is 0 Å². The molecule has 0 spiro atoms. The minimum Gasteiger partial charge on any atom is -0.279 e. The lowest BCUT2D eigenvalue weighted by molar-refractivity contribution is 0.601. The molecule has 0 bridgehead atoms. The van der Waals surface area contributed by atoms with Crippen LogP contribution in [-0.4, -0.2) is 8.42 Å². The molecule has 100 valence electrons. The largest absolute Gasteiger partial charge is 0.279 e. The van der Waals surface area contributed by atoms with Crippen molar-refractivity contribution in [3.63, 3.8) is 0 Å². The number of hydrogen-bond donors (Lipinski definition) is 1. The van der Waals surface area contributed by atoms with Gasteiger partial charge in [-0.2, -0.15) is 0 Å². The Morgan fingerprint density at radius 1 is 0.947 bits per heavy atom. The van der Waals surface area contributed by atoms with Crippen molar-refractivity contribution in [3.8, 4) is 0 Å². The third-order valence-corrected chi connectivity index (χ3v) is 5.06. The highest BCUT2D eigenvalue weighted by Crippen LogP contribution is 2.25. The van der Waals surface area contributed by atoms with E-state index in [2.05, 4.69) is 4.72 Å². The Morgan fingerprint density at radius 3 is 2.11 bits per heavy atom. The Labute approximate surface area is 135 Å². The molecule has 0 unspecified atom stereocenters. The van der Waals surface area contributed by atoms with Crippen LogP contribution in [0.4, 0.5) is 5.69 Å². The Kier molecular flexibility index (Phi) is 4.60. The lowest BCUT2D eigenvalue weighted by atomic mass is 10.3. The fourth-order valence-electron chi connectivity index (χ4n) is 1.39. The van der Waals surface area contributed by atoms with Gasteiger partial charge >= 0.3 is 0 Å². The number of anilines is 1. The number of halogens is 3. The summed E-state index contributed by atoms with van der Waals surface area (Å²) in [5.41, 5.74) is 0.486. The zero-order valence-electron chi connectivity index (χ0n) is 9.40. The summed E-state index contributed by atoms with van der Waals surface area (Å²) >= 11 is 13.6. The van der Waals surface area contributed by atoms with Crippen molar-refractivity contribution >= 4 is 61.5 Å². The smallest absolute Gasteiger partial charge is 0.261 e. The third kappa shape index (κ3) is 3.75. The Bertz CT molecular complexity index is 702. The molecule has 1 N–H and O–H groups in total. The molecular weight excluding hydrogens is 420 g/mol. The highest BCUT2D eigenvalue weighted by molar-refractivity contribution is 14.1. The van der Waals surface area contributed by atoms with Gasteiger partial charge in [0.15, 0.2) is 0 Å². The van der Waals surface area contributed by atoms with Gasteiger partial charge in [-0.1, -0.05) is 23.2 Å². The maximum atomic E-state index is 12.2. The molecule has 0 aliphatic carbocycles. The second kappa shape index (κ2) is 5.87. The Balaban J connectivity index is 2.33. The van der Waals surface area contributed by atoms with E-state index in [1.807, 2.05) is 22.6 Å². The van der Waals surface area contributed by atoms with Crippen LogP contribution in [0.5, 0.6) is 0 Å². The number of nitrogens with one attached hydrogen (secondary N) is 1. The summed E-state index contributed by atoms with van der Waals surface area (Å²) in [5, 5.41) is 1.04. The lowest BCUT2D eigenvalue weighted by Crippen LogP contribution is -2.13. The van der Waals surface area contributed by atoms with Crippen LogP contribution in [0.1, 0.15) is 0 Å². The van der Waals surface area contributed by atoms with E-state index in [1.54, 1.807) is 18.2 Å². The topological polar surface area (TPSA) is 46.2 Å². The minimum atomic E-state index is -3.62. The molecule has 0 saturated heterocycles. The molecule has 0 radical (unpaired) electrons. The molecule has 19 heavy (non-hydrogen) atoms. The zero-order chi connectivity index (χ0) is 14.0. The molecule has 0 fully saturated rings. The van der Waals surface area contributed by atoms with Gasteiger partial charge in [0, 0.05) is 13.6 Å². The van der Waals surface area contributed by atoms with E-state index in [-0.39, 0.29) is 4.90 Å². The SMILES string of the molecule is O=S(=O)(Nc1ccc(Cl)cc1I)c1ccc(Cl)cc1. The molecule has 0 amide bonds. The van der Waals surface area contributed by atoms with Gasteiger partial charge in [-0.25, -0.2) is 8.42 Å². The van der Waals surface area contributed by atoms with Gasteiger partial charge < -0.3 is 0 Å². The van der Waals surface area contributed by atoms with Crippen LogP contribution in [0.25, 0.3) is 0 Å². The molecule has 2 aromatic rings. The Hall–Kier alpha value is -0.500. The first-order valence-corrected chi connectivity index (χ1v) is 8.44. The van der Waals surface area contributed by atoms with Gasteiger partial charge in [-0.3, -0.25) is 4.72 Å². The van der Waals surface area contributed by atoms with Crippen LogP contribution in [0.2, 0.25) is 10.0 Å². The first-order valence-electron chi connectivity index (χ1n) is 5.12. The monoisotopic (exact) mass is 427 g/mol. The second-order valence-corrected chi connectivity index (χ2v) is 7.40. The van der Waals surface area contributed by atoms with Crippen molar-refractivity contribution in [3.05, 3.63) is 56.1 Å². The van der Waals surface area contributed by atoms with E-state index in [9.17, 15) is 8.42 Å². The van der Waals surface area contributed by atoms with Crippen molar-refractivity contribution in [2.24, 2.45) is 0 Å². The second-order valence-electron chi connectivity index (χ2n) is 3.68. The van der Waals surface area contributed by atoms with E-state index in [0.29, 0.717) is 15.7 Å². The normalized spacial score (nSPS) is 11.3. The molecular formula is C12H8Cl2INO2S. The minimum absolute atomic E-state index is 0.155. The van der Waals surface area contributed by atoms with Gasteiger partial charge in [0.2, 0.25) is 0 Å². The summed E-state index contributed by atoms with van der Waals surface area (Å²) < 4.78 is 27.6. The number of sulfonamides is 1. The maximum absolute atomic E-state index is 12.2. The standard InChI is InChI=1S/C12H8Cl2INO2S/c13-8-1-4-10(5-2-8)19(17,18)16-12-6-3-9(14)7-11(12)15/h1-7,16H.